The van der Waals surface area contributed by atoms with Crippen molar-refractivity contribution in [2.45, 2.75) is 117 Å². The van der Waals surface area contributed by atoms with Crippen LogP contribution in [0.2, 0.25) is 0 Å². The molecule has 4 aromatic carbocycles. The van der Waals surface area contributed by atoms with E-state index in [2.05, 4.69) is 98.8 Å². The van der Waals surface area contributed by atoms with Gasteiger partial charge in [0.15, 0.2) is 0 Å². The van der Waals surface area contributed by atoms with Crippen LogP contribution in [0, 0.1) is 11.8 Å². The van der Waals surface area contributed by atoms with Crippen LogP contribution in [0.5, 0.6) is 23.0 Å². The maximum Gasteiger partial charge on any atom is 0.127 e. The maximum absolute atomic E-state index is 6.45. The molecule has 2 atom stereocenters. The smallest absolute Gasteiger partial charge is 0.127 e. The summed E-state index contributed by atoms with van der Waals surface area (Å²) in [6.07, 6.45) is 20.4. The second-order valence-corrected chi connectivity index (χ2v) is 14.6. The number of benzene rings is 4. The van der Waals surface area contributed by atoms with E-state index in [-0.39, 0.29) is 0 Å². The summed E-state index contributed by atoms with van der Waals surface area (Å²) in [5.74, 6) is 5.24. The molecule has 6 rings (SSSR count). The van der Waals surface area contributed by atoms with Gasteiger partial charge in [-0.25, -0.2) is 0 Å². The fourth-order valence-corrected chi connectivity index (χ4v) is 7.79. The third-order valence-corrected chi connectivity index (χ3v) is 10.8. The SMILES string of the molecule is CCCCCC1CCCc2ccc(-c3ccc(Oc4ccc(-c5ccc6cc5OCCC(CCCCC)CCC6)cc4)cc3)c(c2)OCC1. The summed E-state index contributed by atoms with van der Waals surface area (Å²) in [6, 6.07) is 30.5. The molecule has 3 heteroatoms. The second-order valence-electron chi connectivity index (χ2n) is 14.6. The van der Waals surface area contributed by atoms with Crippen molar-refractivity contribution in [1.82, 2.24) is 0 Å². The average Bonchev–Trinajstić information content (AvgIpc) is 3.12. The topological polar surface area (TPSA) is 27.7 Å². The number of aryl methyl sites for hydroxylation is 2. The number of fused-ring (bicyclic) bond motifs is 4. The van der Waals surface area contributed by atoms with Crippen molar-refractivity contribution in [3.05, 3.63) is 96.1 Å². The standard InChI is InChI=1S/C46H58O3/c1-3-5-7-11-35-13-9-15-37-17-27-43(45(33-37)47-31-29-35)39-19-23-41(24-20-39)49-42-25-21-40(22-26-42)44-28-18-38-16-10-14-36(12-8-6-4-2)30-32-48-46(44)34-38/h17-28,33-36H,3-16,29-32H2,1-2H3. The Morgan fingerprint density at radius 3 is 1.41 bits per heavy atom. The van der Waals surface area contributed by atoms with Gasteiger partial charge in [-0.2, -0.15) is 0 Å². The van der Waals surface area contributed by atoms with Crippen LogP contribution in [0.25, 0.3) is 22.3 Å². The van der Waals surface area contributed by atoms with E-state index in [0.29, 0.717) is 0 Å². The van der Waals surface area contributed by atoms with E-state index in [9.17, 15) is 0 Å². The largest absolute Gasteiger partial charge is 0.493 e. The van der Waals surface area contributed by atoms with Crippen LogP contribution < -0.4 is 14.2 Å². The van der Waals surface area contributed by atoms with Crippen LogP contribution >= 0.6 is 0 Å². The molecule has 4 aromatic rings. The highest BCUT2D eigenvalue weighted by Crippen LogP contribution is 2.37. The first kappa shape index (κ1) is 35.1. The van der Waals surface area contributed by atoms with Gasteiger partial charge in [-0.1, -0.05) is 127 Å². The van der Waals surface area contributed by atoms with Gasteiger partial charge in [0, 0.05) is 11.1 Å². The molecule has 0 amide bonds. The van der Waals surface area contributed by atoms with E-state index in [1.807, 2.05) is 0 Å². The van der Waals surface area contributed by atoms with Crippen LogP contribution in [-0.4, -0.2) is 13.2 Å². The fourth-order valence-electron chi connectivity index (χ4n) is 7.79. The van der Waals surface area contributed by atoms with Crippen molar-refractivity contribution >= 4 is 0 Å². The highest BCUT2D eigenvalue weighted by molar-refractivity contribution is 5.73. The summed E-state index contributed by atoms with van der Waals surface area (Å²) < 4.78 is 19.2. The summed E-state index contributed by atoms with van der Waals surface area (Å²) >= 11 is 0. The predicted molar refractivity (Wildman–Crippen MR) is 205 cm³/mol. The lowest BCUT2D eigenvalue weighted by Gasteiger charge is -2.21. The van der Waals surface area contributed by atoms with Gasteiger partial charge < -0.3 is 14.2 Å². The zero-order valence-corrected chi connectivity index (χ0v) is 30.2. The van der Waals surface area contributed by atoms with Crippen LogP contribution in [0.4, 0.5) is 0 Å². The molecule has 2 aliphatic rings. The summed E-state index contributed by atoms with van der Waals surface area (Å²) in [4.78, 5) is 0. The Morgan fingerprint density at radius 1 is 0.531 bits per heavy atom. The van der Waals surface area contributed by atoms with E-state index in [1.54, 1.807) is 0 Å². The summed E-state index contributed by atoms with van der Waals surface area (Å²) in [5, 5.41) is 0. The van der Waals surface area contributed by atoms with Gasteiger partial charge in [-0.15, -0.1) is 0 Å². The molecule has 0 fully saturated rings. The first-order valence-electron chi connectivity index (χ1n) is 19.6. The van der Waals surface area contributed by atoms with E-state index in [0.717, 1.165) is 96.0 Å². The molecule has 0 aliphatic carbocycles. The monoisotopic (exact) mass is 658 g/mol. The van der Waals surface area contributed by atoms with Crippen molar-refractivity contribution in [3.8, 4) is 45.3 Å². The molecule has 2 aliphatic heterocycles. The molecule has 49 heavy (non-hydrogen) atoms. The minimum Gasteiger partial charge on any atom is -0.493 e. The van der Waals surface area contributed by atoms with Crippen LogP contribution in [0.1, 0.15) is 115 Å². The van der Waals surface area contributed by atoms with Gasteiger partial charge in [0.2, 0.25) is 0 Å². The van der Waals surface area contributed by atoms with Crippen LogP contribution in [0.3, 0.4) is 0 Å². The van der Waals surface area contributed by atoms with Gasteiger partial charge in [0.25, 0.3) is 0 Å². The zero-order valence-electron chi connectivity index (χ0n) is 30.2. The van der Waals surface area contributed by atoms with E-state index in [4.69, 9.17) is 14.2 Å². The van der Waals surface area contributed by atoms with Crippen LogP contribution in [-0.2, 0) is 12.8 Å². The second kappa shape index (κ2) is 18.3. The predicted octanol–water partition coefficient (Wildman–Crippen LogP) is 13.4. The molecule has 0 aromatic heterocycles. The van der Waals surface area contributed by atoms with E-state index < -0.39 is 0 Å². The van der Waals surface area contributed by atoms with Gasteiger partial charge in [-0.05, 0) is 109 Å². The quantitative estimate of drug-likeness (QED) is 0.142. The Kier molecular flexibility index (Phi) is 13.1. The number of rotatable bonds is 12. The van der Waals surface area contributed by atoms with Crippen molar-refractivity contribution in [1.29, 1.82) is 0 Å². The molecule has 0 spiro atoms. The molecule has 260 valence electrons. The van der Waals surface area contributed by atoms with Gasteiger partial charge in [-0.3, -0.25) is 0 Å². The zero-order chi connectivity index (χ0) is 33.7. The highest BCUT2D eigenvalue weighted by Gasteiger charge is 2.16. The number of ether oxygens (including phenoxy) is 3. The minimum absolute atomic E-state index is 0.780. The lowest BCUT2D eigenvalue weighted by atomic mass is 9.91. The first-order chi connectivity index (χ1) is 24.2. The number of hydrogen-bond donors (Lipinski definition) is 0. The number of unbranched alkanes of at least 4 members (excludes halogenated alkanes) is 4. The van der Waals surface area contributed by atoms with Crippen molar-refractivity contribution in [3.63, 3.8) is 0 Å². The molecule has 4 bridgehead atoms. The molecular formula is C46H58O3. The summed E-state index contributed by atoms with van der Waals surface area (Å²) in [6.45, 7) is 6.17. The molecule has 2 heterocycles. The van der Waals surface area contributed by atoms with Gasteiger partial charge >= 0.3 is 0 Å². The van der Waals surface area contributed by atoms with Gasteiger partial charge in [0.05, 0.1) is 13.2 Å². The lowest BCUT2D eigenvalue weighted by Crippen LogP contribution is -2.10. The first-order valence-corrected chi connectivity index (χ1v) is 19.6. The Hall–Kier alpha value is -3.72. The molecule has 2 unspecified atom stereocenters. The average molecular weight is 659 g/mol. The highest BCUT2D eigenvalue weighted by atomic mass is 16.5. The Morgan fingerprint density at radius 2 is 0.980 bits per heavy atom. The van der Waals surface area contributed by atoms with Crippen LogP contribution in [0.15, 0.2) is 84.9 Å². The summed E-state index contributed by atoms with van der Waals surface area (Å²) in [7, 11) is 0. The fraction of sp³-hybridized carbons (Fsp3) is 0.478. The molecule has 0 radical (unpaired) electrons. The molecule has 0 N–H and O–H groups in total. The maximum atomic E-state index is 6.45. The third-order valence-electron chi connectivity index (χ3n) is 10.8. The van der Waals surface area contributed by atoms with Crippen molar-refractivity contribution in [2.24, 2.45) is 11.8 Å². The molecule has 3 nitrogen and oxygen atoms in total. The third kappa shape index (κ3) is 10.2. The Bertz CT molecular complexity index is 1450. The molecular weight excluding hydrogens is 601 g/mol. The lowest BCUT2D eigenvalue weighted by molar-refractivity contribution is 0.259. The Balaban J connectivity index is 1.08. The molecule has 0 saturated heterocycles. The minimum atomic E-state index is 0.780. The number of hydrogen-bond acceptors (Lipinski definition) is 3. The van der Waals surface area contributed by atoms with Crippen molar-refractivity contribution < 1.29 is 14.2 Å². The van der Waals surface area contributed by atoms with Gasteiger partial charge in [0.1, 0.15) is 23.0 Å². The van der Waals surface area contributed by atoms with E-state index >= 15 is 0 Å². The normalized spacial score (nSPS) is 18.2. The summed E-state index contributed by atoms with van der Waals surface area (Å²) in [5.41, 5.74) is 7.39. The van der Waals surface area contributed by atoms with Crippen molar-refractivity contribution in [2.75, 3.05) is 13.2 Å². The molecule has 0 saturated carbocycles. The Labute approximate surface area is 296 Å². The van der Waals surface area contributed by atoms with E-state index in [1.165, 1.54) is 88.2 Å².